The van der Waals surface area contributed by atoms with Gasteiger partial charge in [-0.25, -0.2) is 9.18 Å². The van der Waals surface area contributed by atoms with Gasteiger partial charge in [-0.1, -0.05) is 6.07 Å². The van der Waals surface area contributed by atoms with Gasteiger partial charge in [0, 0.05) is 11.9 Å². The SMILES string of the molecule is CC(C(=O)Nc1cccc(F)c1)n1ccc(C(=O)O)n1. The number of carboxylic acid groups (broad SMARTS) is 1. The molecule has 1 aromatic heterocycles. The second-order valence-corrected chi connectivity index (χ2v) is 4.16. The van der Waals surface area contributed by atoms with Gasteiger partial charge in [0.25, 0.3) is 0 Å². The van der Waals surface area contributed by atoms with Crippen molar-refractivity contribution >= 4 is 17.6 Å². The van der Waals surface area contributed by atoms with Gasteiger partial charge >= 0.3 is 5.97 Å². The van der Waals surface area contributed by atoms with Crippen LogP contribution in [0.3, 0.4) is 0 Å². The van der Waals surface area contributed by atoms with Crippen molar-refractivity contribution in [2.24, 2.45) is 0 Å². The number of anilines is 1. The van der Waals surface area contributed by atoms with Crippen molar-refractivity contribution in [3.05, 3.63) is 48.0 Å². The van der Waals surface area contributed by atoms with Crippen LogP contribution in [0.4, 0.5) is 10.1 Å². The quantitative estimate of drug-likeness (QED) is 0.894. The van der Waals surface area contributed by atoms with Crippen LogP contribution in [0.2, 0.25) is 0 Å². The number of carboxylic acids is 1. The Morgan fingerprint density at radius 1 is 1.40 bits per heavy atom. The zero-order valence-corrected chi connectivity index (χ0v) is 10.6. The maximum absolute atomic E-state index is 13.0. The Labute approximate surface area is 113 Å². The zero-order valence-electron chi connectivity index (χ0n) is 10.6. The van der Waals surface area contributed by atoms with Gasteiger partial charge in [0.05, 0.1) is 0 Å². The minimum Gasteiger partial charge on any atom is -0.476 e. The van der Waals surface area contributed by atoms with Crippen LogP contribution in [-0.2, 0) is 4.79 Å². The molecule has 2 aromatic rings. The molecule has 1 heterocycles. The highest BCUT2D eigenvalue weighted by Gasteiger charge is 2.17. The molecule has 0 saturated carbocycles. The lowest BCUT2D eigenvalue weighted by molar-refractivity contribution is -0.119. The molecule has 2 N–H and O–H groups in total. The Morgan fingerprint density at radius 2 is 2.15 bits per heavy atom. The van der Waals surface area contributed by atoms with E-state index in [9.17, 15) is 14.0 Å². The predicted molar refractivity (Wildman–Crippen MR) is 68.9 cm³/mol. The van der Waals surface area contributed by atoms with Crippen molar-refractivity contribution in [3.8, 4) is 0 Å². The molecular weight excluding hydrogens is 265 g/mol. The van der Waals surface area contributed by atoms with E-state index < -0.39 is 23.7 Å². The van der Waals surface area contributed by atoms with Crippen molar-refractivity contribution in [1.29, 1.82) is 0 Å². The molecule has 7 heteroatoms. The maximum Gasteiger partial charge on any atom is 0.356 e. The summed E-state index contributed by atoms with van der Waals surface area (Å²) in [7, 11) is 0. The first kappa shape index (κ1) is 13.7. The summed E-state index contributed by atoms with van der Waals surface area (Å²) in [6, 6.07) is 6.08. The third-order valence-electron chi connectivity index (χ3n) is 2.70. The molecule has 1 amide bonds. The highest BCUT2D eigenvalue weighted by atomic mass is 19.1. The number of aromatic nitrogens is 2. The molecule has 1 aromatic carbocycles. The highest BCUT2D eigenvalue weighted by Crippen LogP contribution is 2.13. The summed E-state index contributed by atoms with van der Waals surface area (Å²) in [5, 5.41) is 15.1. The first-order valence-corrected chi connectivity index (χ1v) is 5.82. The Morgan fingerprint density at radius 3 is 2.75 bits per heavy atom. The molecule has 0 aliphatic heterocycles. The molecule has 0 aliphatic rings. The van der Waals surface area contributed by atoms with E-state index in [1.165, 1.54) is 35.1 Å². The molecule has 0 fully saturated rings. The monoisotopic (exact) mass is 277 g/mol. The van der Waals surface area contributed by atoms with Crippen molar-refractivity contribution in [2.45, 2.75) is 13.0 Å². The van der Waals surface area contributed by atoms with E-state index in [0.717, 1.165) is 0 Å². The third-order valence-corrected chi connectivity index (χ3v) is 2.70. The van der Waals surface area contributed by atoms with E-state index in [1.807, 2.05) is 0 Å². The molecular formula is C13H12FN3O3. The summed E-state index contributed by atoms with van der Waals surface area (Å²) < 4.78 is 14.2. The van der Waals surface area contributed by atoms with E-state index in [2.05, 4.69) is 10.4 Å². The summed E-state index contributed by atoms with van der Waals surface area (Å²) in [5.41, 5.74) is 0.183. The van der Waals surface area contributed by atoms with Crippen LogP contribution in [0.1, 0.15) is 23.5 Å². The van der Waals surface area contributed by atoms with E-state index in [1.54, 1.807) is 13.0 Å². The summed E-state index contributed by atoms with van der Waals surface area (Å²) in [5.74, 6) is -2.04. The largest absolute Gasteiger partial charge is 0.476 e. The van der Waals surface area contributed by atoms with Gasteiger partial charge in [0.15, 0.2) is 5.69 Å². The number of aromatic carboxylic acids is 1. The molecule has 0 bridgehead atoms. The molecule has 0 saturated heterocycles. The zero-order chi connectivity index (χ0) is 14.7. The fraction of sp³-hybridized carbons (Fsp3) is 0.154. The summed E-state index contributed by atoms with van der Waals surface area (Å²) in [6.45, 7) is 1.56. The number of carbonyl (C=O) groups excluding carboxylic acids is 1. The standard InChI is InChI=1S/C13H12FN3O3/c1-8(17-6-5-11(16-17)13(19)20)12(18)15-10-4-2-3-9(14)7-10/h2-8H,1H3,(H,15,18)(H,19,20). The Bertz CT molecular complexity index is 654. The van der Waals surface area contributed by atoms with E-state index in [4.69, 9.17) is 5.11 Å². The van der Waals surface area contributed by atoms with Crippen LogP contribution in [0.5, 0.6) is 0 Å². The number of benzene rings is 1. The van der Waals surface area contributed by atoms with Gasteiger partial charge in [-0.15, -0.1) is 0 Å². The van der Waals surface area contributed by atoms with Gasteiger partial charge in [0.1, 0.15) is 11.9 Å². The molecule has 0 aliphatic carbocycles. The fourth-order valence-corrected chi connectivity index (χ4v) is 1.60. The molecule has 2 rings (SSSR count). The highest BCUT2D eigenvalue weighted by molar-refractivity contribution is 5.93. The maximum atomic E-state index is 13.0. The first-order chi connectivity index (χ1) is 9.47. The van der Waals surface area contributed by atoms with Gasteiger partial charge in [-0.05, 0) is 31.2 Å². The van der Waals surface area contributed by atoms with E-state index in [-0.39, 0.29) is 5.69 Å². The number of nitrogens with one attached hydrogen (secondary N) is 1. The topological polar surface area (TPSA) is 84.2 Å². The lowest BCUT2D eigenvalue weighted by Gasteiger charge is -2.12. The molecule has 0 spiro atoms. The average molecular weight is 277 g/mol. The van der Waals surface area contributed by atoms with Crippen molar-refractivity contribution in [1.82, 2.24) is 9.78 Å². The van der Waals surface area contributed by atoms with Crippen LogP contribution in [-0.4, -0.2) is 26.8 Å². The number of halogens is 1. The van der Waals surface area contributed by atoms with E-state index in [0.29, 0.717) is 5.69 Å². The molecule has 20 heavy (non-hydrogen) atoms. The number of hydrogen-bond acceptors (Lipinski definition) is 3. The number of hydrogen-bond donors (Lipinski definition) is 2. The van der Waals surface area contributed by atoms with Crippen LogP contribution < -0.4 is 5.32 Å². The number of carbonyl (C=O) groups is 2. The van der Waals surface area contributed by atoms with Gasteiger partial charge in [-0.2, -0.15) is 5.10 Å². The summed E-state index contributed by atoms with van der Waals surface area (Å²) in [4.78, 5) is 22.7. The van der Waals surface area contributed by atoms with Crippen LogP contribution in [0, 0.1) is 5.82 Å². The van der Waals surface area contributed by atoms with Gasteiger partial charge < -0.3 is 10.4 Å². The van der Waals surface area contributed by atoms with Crippen LogP contribution in [0.25, 0.3) is 0 Å². The first-order valence-electron chi connectivity index (χ1n) is 5.82. The minimum atomic E-state index is -1.17. The number of nitrogens with zero attached hydrogens (tertiary/aromatic N) is 2. The number of rotatable bonds is 4. The fourth-order valence-electron chi connectivity index (χ4n) is 1.60. The molecule has 6 nitrogen and oxygen atoms in total. The lowest BCUT2D eigenvalue weighted by atomic mass is 10.2. The van der Waals surface area contributed by atoms with Crippen LogP contribution in [0.15, 0.2) is 36.5 Å². The second-order valence-electron chi connectivity index (χ2n) is 4.16. The Balaban J connectivity index is 2.10. The average Bonchev–Trinajstić information content (AvgIpc) is 2.87. The number of amides is 1. The summed E-state index contributed by atoms with van der Waals surface area (Å²) >= 11 is 0. The smallest absolute Gasteiger partial charge is 0.356 e. The summed E-state index contributed by atoms with van der Waals surface area (Å²) in [6.07, 6.45) is 1.40. The molecule has 0 radical (unpaired) electrons. The lowest BCUT2D eigenvalue weighted by Crippen LogP contribution is -2.24. The third kappa shape index (κ3) is 3.00. The van der Waals surface area contributed by atoms with Crippen molar-refractivity contribution in [2.75, 3.05) is 5.32 Å². The van der Waals surface area contributed by atoms with E-state index >= 15 is 0 Å². The van der Waals surface area contributed by atoms with Gasteiger partial charge in [0.2, 0.25) is 5.91 Å². The Hall–Kier alpha value is -2.70. The normalized spacial score (nSPS) is 11.9. The minimum absolute atomic E-state index is 0.143. The van der Waals surface area contributed by atoms with Crippen molar-refractivity contribution < 1.29 is 19.1 Å². The molecule has 104 valence electrons. The Kier molecular flexibility index (Phi) is 3.79. The second kappa shape index (κ2) is 5.52. The predicted octanol–water partition coefficient (Wildman–Crippen LogP) is 1.92. The molecule has 1 atom stereocenters. The molecule has 1 unspecified atom stereocenters. The van der Waals surface area contributed by atoms with Gasteiger partial charge in [-0.3, -0.25) is 9.48 Å². The van der Waals surface area contributed by atoms with Crippen LogP contribution >= 0.6 is 0 Å². The van der Waals surface area contributed by atoms with Crippen molar-refractivity contribution in [3.63, 3.8) is 0 Å².